The van der Waals surface area contributed by atoms with Gasteiger partial charge in [0.25, 0.3) is 0 Å². The van der Waals surface area contributed by atoms with Gasteiger partial charge in [-0.1, -0.05) is 32.9 Å². The maximum Gasteiger partial charge on any atom is 0.146 e. The van der Waals surface area contributed by atoms with Crippen molar-refractivity contribution in [3.05, 3.63) is 29.6 Å². The van der Waals surface area contributed by atoms with Gasteiger partial charge < -0.3 is 10.6 Å². The van der Waals surface area contributed by atoms with Crippen LogP contribution in [0.3, 0.4) is 0 Å². The summed E-state index contributed by atoms with van der Waals surface area (Å²) in [7, 11) is 1.91. The molecule has 1 rings (SSSR count). The number of hydrogen-bond donors (Lipinski definition) is 1. The van der Waals surface area contributed by atoms with Gasteiger partial charge in [-0.25, -0.2) is 4.39 Å². The van der Waals surface area contributed by atoms with Gasteiger partial charge in [-0.2, -0.15) is 0 Å². The monoisotopic (exact) mass is 238 g/mol. The normalized spacial score (nSPS) is 13.6. The zero-order valence-corrected chi connectivity index (χ0v) is 11.4. The van der Waals surface area contributed by atoms with Crippen LogP contribution in [-0.2, 0) is 0 Å². The van der Waals surface area contributed by atoms with E-state index in [0.717, 1.165) is 12.1 Å². The van der Waals surface area contributed by atoms with Gasteiger partial charge in [-0.15, -0.1) is 0 Å². The molecule has 0 saturated heterocycles. The highest BCUT2D eigenvalue weighted by Crippen LogP contribution is 2.29. The Morgan fingerprint density at radius 2 is 1.94 bits per heavy atom. The van der Waals surface area contributed by atoms with Crippen molar-refractivity contribution in [2.45, 2.75) is 33.7 Å². The smallest absolute Gasteiger partial charge is 0.146 e. The van der Waals surface area contributed by atoms with Crippen LogP contribution in [0, 0.1) is 11.2 Å². The Kier molecular flexibility index (Phi) is 4.15. The van der Waals surface area contributed by atoms with Crippen LogP contribution in [0.2, 0.25) is 0 Å². The van der Waals surface area contributed by atoms with Crippen LogP contribution in [0.1, 0.15) is 39.3 Å². The maximum atomic E-state index is 13.9. The molecule has 0 spiro atoms. The second-order valence-electron chi connectivity index (χ2n) is 5.88. The molecule has 0 aliphatic heterocycles. The average molecular weight is 238 g/mol. The molecule has 1 aromatic carbocycles. The first-order chi connectivity index (χ1) is 7.72. The molecule has 3 heteroatoms. The molecule has 0 aromatic heterocycles. The minimum atomic E-state index is -0.202. The second kappa shape index (κ2) is 5.05. The van der Waals surface area contributed by atoms with Gasteiger partial charge in [0.2, 0.25) is 0 Å². The van der Waals surface area contributed by atoms with Gasteiger partial charge in [0.1, 0.15) is 5.82 Å². The minimum absolute atomic E-state index is 0.117. The van der Waals surface area contributed by atoms with Crippen molar-refractivity contribution < 1.29 is 4.39 Å². The van der Waals surface area contributed by atoms with Crippen molar-refractivity contribution in [3.8, 4) is 0 Å². The number of anilines is 1. The van der Waals surface area contributed by atoms with Gasteiger partial charge in [0.05, 0.1) is 5.69 Å². The summed E-state index contributed by atoms with van der Waals surface area (Å²) in [6, 6.07) is 4.92. The number of halogens is 1. The first-order valence-electron chi connectivity index (χ1n) is 5.97. The van der Waals surface area contributed by atoms with E-state index in [4.69, 9.17) is 5.73 Å². The van der Waals surface area contributed by atoms with E-state index in [0.29, 0.717) is 5.69 Å². The summed E-state index contributed by atoms with van der Waals surface area (Å²) in [5, 5.41) is 0. The summed E-state index contributed by atoms with van der Waals surface area (Å²) in [5.74, 6) is -0.202. The van der Waals surface area contributed by atoms with Crippen LogP contribution < -0.4 is 10.6 Å². The van der Waals surface area contributed by atoms with Crippen molar-refractivity contribution in [1.82, 2.24) is 0 Å². The third kappa shape index (κ3) is 3.70. The third-order valence-corrected chi connectivity index (χ3v) is 2.60. The lowest BCUT2D eigenvalue weighted by molar-refractivity contribution is 0.416. The highest BCUT2D eigenvalue weighted by Gasteiger charge is 2.20. The van der Waals surface area contributed by atoms with Gasteiger partial charge in [0, 0.05) is 19.6 Å². The quantitative estimate of drug-likeness (QED) is 0.875. The fourth-order valence-electron chi connectivity index (χ4n) is 2.09. The Hall–Kier alpha value is -1.09. The molecule has 0 fully saturated rings. The van der Waals surface area contributed by atoms with Gasteiger partial charge in [-0.05, 0) is 24.0 Å². The van der Waals surface area contributed by atoms with Crippen LogP contribution in [0.25, 0.3) is 0 Å². The van der Waals surface area contributed by atoms with Crippen LogP contribution in [-0.4, -0.2) is 13.6 Å². The predicted molar refractivity (Wildman–Crippen MR) is 71.7 cm³/mol. The molecule has 0 aliphatic rings. The number of nitrogens with two attached hydrogens (primary N) is 1. The number of para-hydroxylation sites is 1. The Balaban J connectivity index is 3.11. The Morgan fingerprint density at radius 3 is 2.41 bits per heavy atom. The molecular formula is C14H23FN2. The van der Waals surface area contributed by atoms with Crippen LogP contribution >= 0.6 is 0 Å². The highest BCUT2D eigenvalue weighted by molar-refractivity contribution is 5.55. The molecule has 1 atom stereocenters. The molecule has 2 nitrogen and oxygen atoms in total. The summed E-state index contributed by atoms with van der Waals surface area (Å²) in [4.78, 5) is 1.95. The van der Waals surface area contributed by atoms with E-state index in [9.17, 15) is 4.39 Å². The molecule has 0 amide bonds. The zero-order chi connectivity index (χ0) is 13.2. The van der Waals surface area contributed by atoms with Crippen LogP contribution in [0.4, 0.5) is 10.1 Å². The zero-order valence-electron chi connectivity index (χ0n) is 11.4. The lowest BCUT2D eigenvalue weighted by atomic mass is 9.95. The van der Waals surface area contributed by atoms with Gasteiger partial charge >= 0.3 is 0 Å². The van der Waals surface area contributed by atoms with E-state index in [2.05, 4.69) is 20.8 Å². The summed E-state index contributed by atoms with van der Waals surface area (Å²) in [6.45, 7) is 9.07. The van der Waals surface area contributed by atoms with E-state index in [1.54, 1.807) is 6.07 Å². The fraction of sp³-hybridized carbons (Fsp3) is 0.571. The Labute approximate surface area is 104 Å². The fourth-order valence-corrected chi connectivity index (χ4v) is 2.09. The van der Waals surface area contributed by atoms with Crippen molar-refractivity contribution in [3.63, 3.8) is 0 Å². The van der Waals surface area contributed by atoms with Crippen molar-refractivity contribution in [1.29, 1.82) is 0 Å². The number of hydrogen-bond acceptors (Lipinski definition) is 2. The molecular weight excluding hydrogens is 215 g/mol. The Morgan fingerprint density at radius 1 is 1.35 bits per heavy atom. The molecule has 0 heterocycles. The summed E-state index contributed by atoms with van der Waals surface area (Å²) >= 11 is 0. The molecule has 1 unspecified atom stereocenters. The minimum Gasteiger partial charge on any atom is -0.371 e. The number of nitrogens with zero attached hydrogens (tertiary/aromatic N) is 1. The largest absolute Gasteiger partial charge is 0.371 e. The van der Waals surface area contributed by atoms with E-state index < -0.39 is 0 Å². The van der Waals surface area contributed by atoms with E-state index in [1.165, 1.54) is 6.07 Å². The van der Waals surface area contributed by atoms with E-state index >= 15 is 0 Å². The standard InChI is InChI=1S/C14H23FN2/c1-10(16)11-7-6-8-12(15)13(11)17(5)9-14(2,3)4/h6-8,10H,9,16H2,1-5H3. The molecule has 96 valence electrons. The summed E-state index contributed by atoms with van der Waals surface area (Å²) in [5.41, 5.74) is 7.49. The SMILES string of the molecule is CC(N)c1cccc(F)c1N(C)CC(C)(C)C. The first kappa shape index (κ1) is 14.0. The number of benzene rings is 1. The molecule has 0 radical (unpaired) electrons. The van der Waals surface area contributed by atoms with Crippen molar-refractivity contribution >= 4 is 5.69 Å². The van der Waals surface area contributed by atoms with Gasteiger partial charge in [0.15, 0.2) is 0 Å². The topological polar surface area (TPSA) is 29.3 Å². The number of rotatable bonds is 3. The van der Waals surface area contributed by atoms with Crippen LogP contribution in [0.5, 0.6) is 0 Å². The molecule has 0 saturated carbocycles. The molecule has 1 aromatic rings. The van der Waals surface area contributed by atoms with E-state index in [-0.39, 0.29) is 17.3 Å². The molecule has 2 N–H and O–H groups in total. The van der Waals surface area contributed by atoms with E-state index in [1.807, 2.05) is 24.9 Å². The average Bonchev–Trinajstić information content (AvgIpc) is 2.13. The molecule has 0 aliphatic carbocycles. The summed E-state index contributed by atoms with van der Waals surface area (Å²) in [6.07, 6.45) is 0. The third-order valence-electron chi connectivity index (χ3n) is 2.60. The van der Waals surface area contributed by atoms with Gasteiger partial charge in [-0.3, -0.25) is 0 Å². The summed E-state index contributed by atoms with van der Waals surface area (Å²) < 4.78 is 13.9. The van der Waals surface area contributed by atoms with Crippen LogP contribution in [0.15, 0.2) is 18.2 Å². The predicted octanol–water partition coefficient (Wildman–Crippen LogP) is 3.33. The Bertz CT molecular complexity index is 380. The highest BCUT2D eigenvalue weighted by atomic mass is 19.1. The van der Waals surface area contributed by atoms with Crippen molar-refractivity contribution in [2.24, 2.45) is 11.1 Å². The lowest BCUT2D eigenvalue weighted by Crippen LogP contribution is -2.31. The maximum absolute atomic E-state index is 13.9. The lowest BCUT2D eigenvalue weighted by Gasteiger charge is -2.30. The molecule has 17 heavy (non-hydrogen) atoms. The molecule has 0 bridgehead atoms. The second-order valence-corrected chi connectivity index (χ2v) is 5.88. The van der Waals surface area contributed by atoms with Crippen molar-refractivity contribution in [2.75, 3.05) is 18.5 Å². The first-order valence-corrected chi connectivity index (χ1v) is 5.97.